The van der Waals surface area contributed by atoms with Gasteiger partial charge in [-0.2, -0.15) is 26.7 Å². The van der Waals surface area contributed by atoms with Gasteiger partial charge in [-0.1, -0.05) is 6.92 Å². The van der Waals surface area contributed by atoms with Crippen LogP contribution in [0.3, 0.4) is 0 Å². The summed E-state index contributed by atoms with van der Waals surface area (Å²) in [7, 11) is -2.48. The number of carbonyl (C=O) groups is 1. The Balaban J connectivity index is 0.00000484. The zero-order chi connectivity index (χ0) is 30.5. The van der Waals surface area contributed by atoms with Crippen molar-refractivity contribution in [2.75, 3.05) is 18.1 Å². The largest absolute Gasteiger partial charge is 0.476 e. The molecule has 1 atom stereocenters. The molecule has 0 bridgehead atoms. The Hall–Kier alpha value is -3.20. The molecule has 15 heteroatoms. The van der Waals surface area contributed by atoms with Crippen LogP contribution in [0.5, 0.6) is 5.88 Å². The maximum atomic E-state index is 13.4. The summed E-state index contributed by atoms with van der Waals surface area (Å²) in [6.07, 6.45) is 0.917. The summed E-state index contributed by atoms with van der Waals surface area (Å²) in [6.45, 7) is 9.78. The van der Waals surface area contributed by atoms with E-state index in [1.807, 2.05) is 18.7 Å². The van der Waals surface area contributed by atoms with Crippen molar-refractivity contribution in [3.05, 3.63) is 47.9 Å². The summed E-state index contributed by atoms with van der Waals surface area (Å²) < 4.78 is 76.2. The molecule has 1 aliphatic heterocycles. The SMILES string of the molecule is Cc1cn(C)cc1S(=O)(=O)NC(=O)c1ccc(-n2ccc(OCC(C)(C)C(F)(F)F)n2)nc1N1C[C@@H](C)CC1(C)C.S. The number of sulfonamides is 1. The van der Waals surface area contributed by atoms with Crippen LogP contribution in [-0.2, 0) is 17.1 Å². The van der Waals surface area contributed by atoms with Crippen LogP contribution in [-0.4, -0.2) is 58.5 Å². The molecule has 1 aliphatic rings. The first kappa shape index (κ1) is 33.3. The molecule has 0 spiro atoms. The molecular formula is C27H37F3N6O4S2. The lowest BCUT2D eigenvalue weighted by atomic mass is 9.94. The number of pyridine rings is 1. The first-order chi connectivity index (χ1) is 18.8. The van der Waals surface area contributed by atoms with Gasteiger partial charge in [-0.3, -0.25) is 4.79 Å². The van der Waals surface area contributed by atoms with Crippen LogP contribution < -0.4 is 14.4 Å². The van der Waals surface area contributed by atoms with Crippen molar-refractivity contribution in [3.63, 3.8) is 0 Å². The monoisotopic (exact) mass is 630 g/mol. The van der Waals surface area contributed by atoms with Gasteiger partial charge in [0, 0.05) is 43.8 Å². The van der Waals surface area contributed by atoms with Crippen LogP contribution in [0.4, 0.5) is 19.0 Å². The Morgan fingerprint density at radius 2 is 1.86 bits per heavy atom. The summed E-state index contributed by atoms with van der Waals surface area (Å²) in [4.78, 5) is 20.1. The van der Waals surface area contributed by atoms with E-state index in [9.17, 15) is 26.4 Å². The van der Waals surface area contributed by atoms with Gasteiger partial charge in [0.25, 0.3) is 15.9 Å². The van der Waals surface area contributed by atoms with Gasteiger partial charge in [0.15, 0.2) is 5.82 Å². The van der Waals surface area contributed by atoms with E-state index in [-0.39, 0.29) is 47.4 Å². The van der Waals surface area contributed by atoms with Crippen LogP contribution in [0.25, 0.3) is 5.82 Å². The topological polar surface area (TPSA) is 111 Å². The van der Waals surface area contributed by atoms with Crippen molar-refractivity contribution < 1.29 is 31.1 Å². The van der Waals surface area contributed by atoms with Crippen LogP contribution in [0.2, 0.25) is 0 Å². The average Bonchev–Trinajstić information content (AvgIpc) is 3.52. The van der Waals surface area contributed by atoms with Crippen molar-refractivity contribution in [2.45, 2.75) is 64.6 Å². The van der Waals surface area contributed by atoms with E-state index in [1.165, 1.54) is 35.3 Å². The predicted molar refractivity (Wildman–Crippen MR) is 157 cm³/mol. The number of ether oxygens (including phenoxy) is 1. The lowest BCUT2D eigenvalue weighted by molar-refractivity contribution is -0.219. The average molecular weight is 631 g/mol. The number of rotatable bonds is 8. The van der Waals surface area contributed by atoms with Crippen LogP contribution in [0.1, 0.15) is 57.0 Å². The second-order valence-electron chi connectivity index (χ2n) is 11.9. The third kappa shape index (κ3) is 6.72. The molecule has 1 fully saturated rings. The van der Waals surface area contributed by atoms with Crippen LogP contribution in [0.15, 0.2) is 41.7 Å². The smallest absolute Gasteiger partial charge is 0.397 e. The minimum Gasteiger partial charge on any atom is -0.476 e. The highest BCUT2D eigenvalue weighted by molar-refractivity contribution is 7.90. The Kier molecular flexibility index (Phi) is 9.10. The van der Waals surface area contributed by atoms with Gasteiger partial charge < -0.3 is 14.2 Å². The molecule has 1 amide bonds. The number of hydrogen-bond acceptors (Lipinski definition) is 7. The summed E-state index contributed by atoms with van der Waals surface area (Å²) in [5, 5.41) is 4.22. The Morgan fingerprint density at radius 3 is 2.40 bits per heavy atom. The number of aromatic nitrogens is 4. The van der Waals surface area contributed by atoms with Crippen LogP contribution in [0, 0.1) is 18.3 Å². The fourth-order valence-electron chi connectivity index (χ4n) is 4.96. The van der Waals surface area contributed by atoms with Crippen molar-refractivity contribution in [2.24, 2.45) is 18.4 Å². The molecule has 0 saturated carbocycles. The van der Waals surface area contributed by atoms with E-state index in [0.717, 1.165) is 20.3 Å². The lowest BCUT2D eigenvalue weighted by Gasteiger charge is -2.34. The molecule has 1 N–H and O–H groups in total. The molecule has 3 aromatic rings. The van der Waals surface area contributed by atoms with Gasteiger partial charge in [-0.25, -0.2) is 22.8 Å². The number of amides is 1. The lowest BCUT2D eigenvalue weighted by Crippen LogP contribution is -2.41. The number of hydrogen-bond donors (Lipinski definition) is 1. The molecule has 1 saturated heterocycles. The Bertz CT molecular complexity index is 1560. The highest BCUT2D eigenvalue weighted by Gasteiger charge is 2.48. The summed E-state index contributed by atoms with van der Waals surface area (Å²) in [5.41, 5.74) is -1.92. The van der Waals surface area contributed by atoms with E-state index in [2.05, 4.69) is 16.7 Å². The normalized spacial score (nSPS) is 17.2. The van der Waals surface area contributed by atoms with E-state index in [4.69, 9.17) is 9.72 Å². The molecule has 4 rings (SSSR count). The Morgan fingerprint density at radius 1 is 1.19 bits per heavy atom. The van der Waals surface area contributed by atoms with E-state index >= 15 is 0 Å². The molecule has 3 aromatic heterocycles. The third-order valence-electron chi connectivity index (χ3n) is 7.20. The van der Waals surface area contributed by atoms with Gasteiger partial charge in [0.05, 0.1) is 11.0 Å². The molecule has 42 heavy (non-hydrogen) atoms. The number of nitrogens with one attached hydrogen (secondary N) is 1. The molecule has 232 valence electrons. The number of nitrogens with zero attached hydrogens (tertiary/aromatic N) is 5. The third-order valence-corrected chi connectivity index (χ3v) is 8.67. The van der Waals surface area contributed by atoms with Gasteiger partial charge in [-0.05, 0) is 64.7 Å². The zero-order valence-corrected chi connectivity index (χ0v) is 26.4. The van der Waals surface area contributed by atoms with E-state index in [1.54, 1.807) is 24.7 Å². The van der Waals surface area contributed by atoms with Gasteiger partial charge in [0.1, 0.15) is 17.3 Å². The summed E-state index contributed by atoms with van der Waals surface area (Å²) >= 11 is 0. The first-order valence-corrected chi connectivity index (χ1v) is 14.5. The number of anilines is 1. The molecule has 0 unspecified atom stereocenters. The number of alkyl halides is 3. The predicted octanol–water partition coefficient (Wildman–Crippen LogP) is 4.74. The molecule has 0 aliphatic carbocycles. The standard InChI is InChI=1S/C27H35F3N6O4S.H2S/c1-17-12-26(5,6)35(13-17)23-19(24(37)33-41(38,39)20-15-34(7)14-18(20)2)8-9-21(31-23)36-11-10-22(32-36)40-16-25(3,4)27(28,29)30;/h8-11,14-15,17H,12-13,16H2,1-7H3,(H,33,37);1H2/t17-;/m0./s1. The first-order valence-electron chi connectivity index (χ1n) is 13.0. The maximum absolute atomic E-state index is 13.4. The van der Waals surface area contributed by atoms with E-state index in [0.29, 0.717) is 12.1 Å². The summed E-state index contributed by atoms with van der Waals surface area (Å²) in [6, 6.07) is 4.38. The second kappa shape index (κ2) is 11.5. The maximum Gasteiger partial charge on any atom is 0.397 e. The number of carbonyl (C=O) groups excluding carboxylic acids is 1. The van der Waals surface area contributed by atoms with Crippen molar-refractivity contribution in [1.82, 2.24) is 24.1 Å². The molecule has 4 heterocycles. The molecule has 0 radical (unpaired) electrons. The zero-order valence-electron chi connectivity index (χ0n) is 24.6. The van der Waals surface area contributed by atoms with Gasteiger partial charge in [-0.15, -0.1) is 5.10 Å². The minimum absolute atomic E-state index is 0. The number of halogens is 3. The van der Waals surface area contributed by atoms with Crippen LogP contribution >= 0.6 is 13.5 Å². The fourth-order valence-corrected chi connectivity index (χ4v) is 6.21. The fraction of sp³-hybridized carbons (Fsp3) is 0.519. The quantitative estimate of drug-likeness (QED) is 0.383. The van der Waals surface area contributed by atoms with Gasteiger partial charge in [0.2, 0.25) is 5.88 Å². The Labute approximate surface area is 250 Å². The van der Waals surface area contributed by atoms with Gasteiger partial charge >= 0.3 is 6.18 Å². The highest BCUT2D eigenvalue weighted by Crippen LogP contribution is 2.39. The molecular weight excluding hydrogens is 593 g/mol. The second-order valence-corrected chi connectivity index (χ2v) is 13.6. The molecule has 10 nitrogen and oxygen atoms in total. The number of aryl methyl sites for hydroxylation is 2. The van der Waals surface area contributed by atoms with Crippen molar-refractivity contribution >= 4 is 35.2 Å². The minimum atomic E-state index is -4.45. The molecule has 0 aromatic carbocycles. The van der Waals surface area contributed by atoms with Crippen molar-refractivity contribution in [3.8, 4) is 11.7 Å². The van der Waals surface area contributed by atoms with Crippen molar-refractivity contribution in [1.29, 1.82) is 0 Å². The van der Waals surface area contributed by atoms with E-state index < -0.39 is 39.7 Å². The summed E-state index contributed by atoms with van der Waals surface area (Å²) in [5.74, 6) is -0.0312. The highest BCUT2D eigenvalue weighted by atomic mass is 32.2.